The number of terminal acetylenes is 1. The normalized spacial score (nSPS) is 11.7. The number of hydrogen-bond acceptors (Lipinski definition) is 2. The van der Waals surface area contributed by atoms with Crippen molar-refractivity contribution >= 4 is 27.5 Å². The Labute approximate surface area is 153 Å². The first-order valence-corrected chi connectivity index (χ1v) is 8.76. The third kappa shape index (κ3) is 3.58. The number of rotatable bonds is 3. The Morgan fingerprint density at radius 2 is 2.00 bits per heavy atom. The van der Waals surface area contributed by atoms with Crippen molar-refractivity contribution in [3.05, 3.63) is 63.5 Å². The van der Waals surface area contributed by atoms with Crippen LogP contribution in [-0.2, 0) is 17.8 Å². The molecule has 26 heavy (non-hydrogen) atoms. The summed E-state index contributed by atoms with van der Waals surface area (Å²) in [6.07, 6.45) is 5.48. The molecule has 3 nitrogen and oxygen atoms in total. The van der Waals surface area contributed by atoms with Gasteiger partial charge < -0.3 is 4.57 Å². The van der Waals surface area contributed by atoms with Gasteiger partial charge in [0.25, 0.3) is 5.91 Å². The van der Waals surface area contributed by atoms with Crippen LogP contribution < -0.4 is 4.80 Å². The Balaban J connectivity index is 2.04. The summed E-state index contributed by atoms with van der Waals surface area (Å²) >= 11 is 1.04. The summed E-state index contributed by atoms with van der Waals surface area (Å²) < 4.78 is 29.4. The van der Waals surface area contributed by atoms with Crippen LogP contribution in [0.3, 0.4) is 0 Å². The van der Waals surface area contributed by atoms with Crippen LogP contribution in [0.2, 0.25) is 0 Å². The Morgan fingerprint density at radius 3 is 2.69 bits per heavy atom. The number of aromatic nitrogens is 1. The fourth-order valence-electron chi connectivity index (χ4n) is 2.69. The van der Waals surface area contributed by atoms with Gasteiger partial charge in [-0.25, -0.2) is 8.78 Å². The van der Waals surface area contributed by atoms with Crippen LogP contribution >= 0.6 is 11.3 Å². The van der Waals surface area contributed by atoms with Crippen LogP contribution in [0.5, 0.6) is 0 Å². The quantitative estimate of drug-likeness (QED) is 0.644. The Hall–Kier alpha value is -2.78. The molecule has 0 saturated heterocycles. The third-order valence-electron chi connectivity index (χ3n) is 4.09. The zero-order valence-electron chi connectivity index (χ0n) is 14.3. The van der Waals surface area contributed by atoms with Gasteiger partial charge in [0.2, 0.25) is 0 Å². The average Bonchev–Trinajstić information content (AvgIpc) is 2.88. The fourth-order valence-corrected chi connectivity index (χ4v) is 3.77. The van der Waals surface area contributed by atoms with E-state index in [9.17, 15) is 13.6 Å². The zero-order chi connectivity index (χ0) is 18.8. The summed E-state index contributed by atoms with van der Waals surface area (Å²) in [5.41, 5.74) is 3.25. The summed E-state index contributed by atoms with van der Waals surface area (Å²) in [5, 5.41) is 0. The maximum absolute atomic E-state index is 14.2. The van der Waals surface area contributed by atoms with Gasteiger partial charge in [-0.2, -0.15) is 4.99 Å². The number of amides is 1. The van der Waals surface area contributed by atoms with Gasteiger partial charge in [0.1, 0.15) is 5.82 Å². The lowest BCUT2D eigenvalue weighted by Crippen LogP contribution is -2.17. The number of thiazole rings is 1. The first kappa shape index (κ1) is 18.0. The molecule has 0 unspecified atom stereocenters. The van der Waals surface area contributed by atoms with Crippen LogP contribution in [0.25, 0.3) is 10.2 Å². The van der Waals surface area contributed by atoms with Crippen molar-refractivity contribution in [2.45, 2.75) is 26.8 Å². The summed E-state index contributed by atoms with van der Waals surface area (Å²) in [5.74, 6) is 0.640. The van der Waals surface area contributed by atoms with E-state index < -0.39 is 11.6 Å². The molecule has 1 heterocycles. The van der Waals surface area contributed by atoms with Gasteiger partial charge in [-0.1, -0.05) is 35.5 Å². The number of benzene rings is 2. The first-order chi connectivity index (χ1) is 12.4. The molecular formula is C20H16F2N2OS. The van der Waals surface area contributed by atoms with Crippen molar-refractivity contribution in [2.75, 3.05) is 0 Å². The third-order valence-corrected chi connectivity index (χ3v) is 5.12. The molecule has 2 aromatic carbocycles. The highest BCUT2D eigenvalue weighted by atomic mass is 32.1. The molecule has 6 heteroatoms. The number of nitrogens with zero attached hydrogens (tertiary/aromatic N) is 2. The highest BCUT2D eigenvalue weighted by Gasteiger charge is 2.13. The minimum absolute atomic E-state index is 0.0400. The van der Waals surface area contributed by atoms with E-state index in [1.165, 1.54) is 10.6 Å². The van der Waals surface area contributed by atoms with Crippen molar-refractivity contribution in [3.63, 3.8) is 0 Å². The zero-order valence-corrected chi connectivity index (χ0v) is 15.2. The number of halogens is 2. The molecule has 3 rings (SSSR count). The highest BCUT2D eigenvalue weighted by Crippen LogP contribution is 2.22. The Bertz CT molecular complexity index is 1120. The lowest BCUT2D eigenvalue weighted by atomic mass is 10.0. The lowest BCUT2D eigenvalue weighted by molar-refractivity contribution is -0.117. The van der Waals surface area contributed by atoms with E-state index >= 15 is 0 Å². The fraction of sp³-hybridized carbons (Fsp3) is 0.200. The molecule has 0 atom stereocenters. The average molecular weight is 370 g/mol. The summed E-state index contributed by atoms with van der Waals surface area (Å²) in [4.78, 5) is 16.7. The van der Waals surface area contributed by atoms with Gasteiger partial charge in [-0.15, -0.1) is 6.42 Å². The van der Waals surface area contributed by atoms with E-state index in [0.29, 0.717) is 4.70 Å². The van der Waals surface area contributed by atoms with E-state index in [1.54, 1.807) is 0 Å². The Kier molecular flexibility index (Phi) is 5.01. The predicted octanol–water partition coefficient (Wildman–Crippen LogP) is 3.90. The highest BCUT2D eigenvalue weighted by molar-refractivity contribution is 7.16. The lowest BCUT2D eigenvalue weighted by Gasteiger charge is -2.03. The summed E-state index contributed by atoms with van der Waals surface area (Å²) in [6, 6.07) is 7.78. The number of aryl methyl sites for hydroxylation is 2. The van der Waals surface area contributed by atoms with Crippen molar-refractivity contribution in [2.24, 2.45) is 4.99 Å². The summed E-state index contributed by atoms with van der Waals surface area (Å²) in [7, 11) is 0. The minimum atomic E-state index is -0.727. The molecule has 0 N–H and O–H groups in total. The standard InChI is InChI=1S/C20H16F2N2OS/c1-4-7-24-19-16(22)10-15(21)11-17(19)26-20(24)23-18(25)9-14-6-5-12(2)13(3)8-14/h1,5-6,8,10-11H,7,9H2,2-3H3. The van der Waals surface area contributed by atoms with E-state index in [1.807, 2.05) is 32.0 Å². The van der Waals surface area contributed by atoms with E-state index in [4.69, 9.17) is 6.42 Å². The van der Waals surface area contributed by atoms with Gasteiger partial charge in [-0.3, -0.25) is 4.79 Å². The number of carbonyl (C=O) groups excluding carboxylic acids is 1. The van der Waals surface area contributed by atoms with Crippen LogP contribution in [0.15, 0.2) is 35.3 Å². The maximum Gasteiger partial charge on any atom is 0.252 e. The number of hydrogen-bond donors (Lipinski definition) is 0. The molecule has 0 radical (unpaired) electrons. The van der Waals surface area contributed by atoms with Gasteiger partial charge in [0, 0.05) is 6.07 Å². The molecule has 3 aromatic rings. The monoisotopic (exact) mass is 370 g/mol. The van der Waals surface area contributed by atoms with Gasteiger partial charge in [0.15, 0.2) is 10.6 Å². The van der Waals surface area contributed by atoms with Crippen molar-refractivity contribution in [3.8, 4) is 12.3 Å². The van der Waals surface area contributed by atoms with Crippen molar-refractivity contribution in [1.82, 2.24) is 4.57 Å². The second kappa shape index (κ2) is 7.22. The van der Waals surface area contributed by atoms with Gasteiger partial charge in [0.05, 0.1) is 23.2 Å². The summed E-state index contributed by atoms with van der Waals surface area (Å²) in [6.45, 7) is 4.02. The Morgan fingerprint density at radius 1 is 1.23 bits per heavy atom. The molecule has 1 aromatic heterocycles. The van der Waals surface area contributed by atoms with Crippen molar-refractivity contribution < 1.29 is 13.6 Å². The topological polar surface area (TPSA) is 34.4 Å². The predicted molar refractivity (Wildman–Crippen MR) is 98.8 cm³/mol. The maximum atomic E-state index is 14.2. The molecule has 1 amide bonds. The van der Waals surface area contributed by atoms with E-state index in [2.05, 4.69) is 10.9 Å². The molecule has 0 saturated carbocycles. The molecule has 0 fully saturated rings. The van der Waals surface area contributed by atoms with Gasteiger partial charge >= 0.3 is 0 Å². The van der Waals surface area contributed by atoms with Crippen LogP contribution in [0.1, 0.15) is 16.7 Å². The second-order valence-electron chi connectivity index (χ2n) is 6.01. The number of carbonyl (C=O) groups is 1. The second-order valence-corrected chi connectivity index (χ2v) is 7.02. The van der Waals surface area contributed by atoms with Gasteiger partial charge in [-0.05, 0) is 36.6 Å². The first-order valence-electron chi connectivity index (χ1n) is 7.94. The molecule has 0 aliphatic heterocycles. The molecule has 0 spiro atoms. The van der Waals surface area contributed by atoms with Crippen LogP contribution in [0.4, 0.5) is 8.78 Å². The minimum Gasteiger partial charge on any atom is -0.302 e. The molecule has 0 aliphatic rings. The van der Waals surface area contributed by atoms with E-state index in [-0.39, 0.29) is 29.2 Å². The SMILES string of the molecule is C#CCn1c(=NC(=O)Cc2ccc(C)c(C)c2)sc2cc(F)cc(F)c21. The molecular weight excluding hydrogens is 354 g/mol. The molecule has 132 valence electrons. The molecule has 0 aliphatic carbocycles. The van der Waals surface area contributed by atoms with E-state index in [0.717, 1.165) is 34.1 Å². The molecule has 0 bridgehead atoms. The smallest absolute Gasteiger partial charge is 0.252 e. The van der Waals surface area contributed by atoms with Crippen LogP contribution in [0, 0.1) is 37.8 Å². The van der Waals surface area contributed by atoms with Crippen LogP contribution in [-0.4, -0.2) is 10.5 Å². The largest absolute Gasteiger partial charge is 0.302 e. The van der Waals surface area contributed by atoms with Crippen molar-refractivity contribution in [1.29, 1.82) is 0 Å². The number of fused-ring (bicyclic) bond motifs is 1.